The van der Waals surface area contributed by atoms with Gasteiger partial charge in [-0.15, -0.1) is 0 Å². The predicted octanol–water partition coefficient (Wildman–Crippen LogP) is 0.868. The van der Waals surface area contributed by atoms with Crippen LogP contribution in [0.5, 0.6) is 0 Å². The number of rotatable bonds is 2. The molecule has 4 nitrogen and oxygen atoms in total. The van der Waals surface area contributed by atoms with Crippen LogP contribution in [0, 0.1) is 0 Å². The summed E-state index contributed by atoms with van der Waals surface area (Å²) in [6.07, 6.45) is -0.882. The number of aliphatic hydroxyl groups is 3. The Balaban J connectivity index is 0.000000500. The van der Waals surface area contributed by atoms with Crippen molar-refractivity contribution in [1.82, 2.24) is 4.98 Å². The number of nitrogens with zero attached hydrogens (tertiary/aromatic N) is 1. The van der Waals surface area contributed by atoms with Crippen LogP contribution in [-0.2, 0) is 0 Å². The molecule has 0 aliphatic heterocycles. The Labute approximate surface area is 91.4 Å². The molecule has 1 aromatic heterocycles. The molecule has 5 heteroatoms. The Kier molecular flexibility index (Phi) is 7.60. The molecule has 0 fully saturated rings. The third-order valence-electron chi connectivity index (χ3n) is 1.25. The summed E-state index contributed by atoms with van der Waals surface area (Å²) in [6.45, 7) is 1.63. The lowest BCUT2D eigenvalue weighted by Gasteiger charge is -2.05. The Morgan fingerprint density at radius 2 is 2.00 bits per heavy atom. The third kappa shape index (κ3) is 5.29. The average Bonchev–Trinajstić information content (AvgIpc) is 2.18. The minimum absolute atomic E-state index is 0.250. The van der Waals surface area contributed by atoms with Crippen LogP contribution < -0.4 is 0 Å². The molecule has 0 amide bonds. The smallest absolute Gasteiger partial charge is 0.119 e. The molecule has 0 spiro atoms. The normalized spacial score (nSPS) is 11.5. The SMILES string of the molecule is CCO.OCC(O)c1cccc(Br)n1. The van der Waals surface area contributed by atoms with E-state index in [1.54, 1.807) is 25.1 Å². The van der Waals surface area contributed by atoms with Gasteiger partial charge in [-0.2, -0.15) is 0 Å². The van der Waals surface area contributed by atoms with Gasteiger partial charge in [0, 0.05) is 6.61 Å². The lowest BCUT2D eigenvalue weighted by atomic mass is 10.2. The Morgan fingerprint density at radius 3 is 2.43 bits per heavy atom. The molecule has 1 heterocycles. The summed E-state index contributed by atoms with van der Waals surface area (Å²) in [6, 6.07) is 5.17. The minimum atomic E-state index is -0.882. The number of aliphatic hydroxyl groups excluding tert-OH is 3. The highest BCUT2D eigenvalue weighted by Gasteiger charge is 2.06. The zero-order chi connectivity index (χ0) is 11.0. The predicted molar refractivity (Wildman–Crippen MR) is 56.7 cm³/mol. The van der Waals surface area contributed by atoms with Gasteiger partial charge in [-0.1, -0.05) is 6.07 Å². The first kappa shape index (κ1) is 13.5. The molecule has 0 radical (unpaired) electrons. The van der Waals surface area contributed by atoms with Gasteiger partial charge in [-0.25, -0.2) is 4.98 Å². The summed E-state index contributed by atoms with van der Waals surface area (Å²) < 4.78 is 0.655. The van der Waals surface area contributed by atoms with Crippen LogP contribution in [0.15, 0.2) is 22.8 Å². The molecule has 1 rings (SSSR count). The van der Waals surface area contributed by atoms with E-state index in [1.165, 1.54) is 0 Å². The fraction of sp³-hybridized carbons (Fsp3) is 0.444. The lowest BCUT2D eigenvalue weighted by molar-refractivity contribution is 0.0921. The standard InChI is InChI=1S/C7H8BrNO2.C2H6O/c8-7-3-1-2-5(9-7)6(11)4-10;1-2-3/h1-3,6,10-11H,4H2;3H,2H2,1H3. The summed E-state index contributed by atoms with van der Waals surface area (Å²) >= 11 is 3.16. The molecule has 14 heavy (non-hydrogen) atoms. The van der Waals surface area contributed by atoms with Gasteiger partial charge in [-0.05, 0) is 35.0 Å². The third-order valence-corrected chi connectivity index (χ3v) is 1.69. The van der Waals surface area contributed by atoms with Crippen LogP contribution >= 0.6 is 15.9 Å². The highest BCUT2D eigenvalue weighted by atomic mass is 79.9. The van der Waals surface area contributed by atoms with Crippen LogP contribution in [0.2, 0.25) is 0 Å². The van der Waals surface area contributed by atoms with E-state index in [4.69, 9.17) is 15.3 Å². The fourth-order valence-electron chi connectivity index (χ4n) is 0.703. The van der Waals surface area contributed by atoms with Gasteiger partial charge < -0.3 is 15.3 Å². The van der Waals surface area contributed by atoms with Crippen molar-refractivity contribution in [2.75, 3.05) is 13.2 Å². The molecule has 0 bridgehead atoms. The topological polar surface area (TPSA) is 73.6 Å². The summed E-state index contributed by atoms with van der Waals surface area (Å²) in [7, 11) is 0. The molecule has 80 valence electrons. The fourth-order valence-corrected chi connectivity index (χ4v) is 1.06. The molecule has 1 unspecified atom stereocenters. The second kappa shape index (κ2) is 7.87. The molecule has 0 saturated carbocycles. The minimum Gasteiger partial charge on any atom is -0.397 e. The summed E-state index contributed by atoms with van der Waals surface area (Å²) in [4.78, 5) is 3.95. The molecule has 0 aromatic carbocycles. The van der Waals surface area contributed by atoms with E-state index in [0.29, 0.717) is 10.3 Å². The molecular formula is C9H14BrNO3. The molecule has 3 N–H and O–H groups in total. The second-order valence-corrected chi connectivity index (χ2v) is 3.21. The highest BCUT2D eigenvalue weighted by molar-refractivity contribution is 9.10. The van der Waals surface area contributed by atoms with Gasteiger partial charge >= 0.3 is 0 Å². The first-order chi connectivity index (χ1) is 6.65. The van der Waals surface area contributed by atoms with E-state index in [2.05, 4.69) is 20.9 Å². The molecule has 1 atom stereocenters. The lowest BCUT2D eigenvalue weighted by Crippen LogP contribution is -2.04. The Morgan fingerprint density at radius 1 is 1.43 bits per heavy atom. The second-order valence-electron chi connectivity index (χ2n) is 2.40. The molecule has 0 aliphatic rings. The number of pyridine rings is 1. The number of halogens is 1. The van der Waals surface area contributed by atoms with Gasteiger partial charge in [0.2, 0.25) is 0 Å². The van der Waals surface area contributed by atoms with Crippen LogP contribution in [0.3, 0.4) is 0 Å². The van der Waals surface area contributed by atoms with Crippen molar-refractivity contribution >= 4 is 15.9 Å². The van der Waals surface area contributed by atoms with Gasteiger partial charge in [-0.3, -0.25) is 0 Å². The molecule has 0 aliphatic carbocycles. The zero-order valence-corrected chi connectivity index (χ0v) is 9.48. The van der Waals surface area contributed by atoms with E-state index in [9.17, 15) is 0 Å². The summed E-state index contributed by atoms with van der Waals surface area (Å²) in [5.41, 5.74) is 0.474. The van der Waals surface area contributed by atoms with Crippen LogP contribution in [-0.4, -0.2) is 33.5 Å². The van der Waals surface area contributed by atoms with Gasteiger partial charge in [0.15, 0.2) is 0 Å². The maximum atomic E-state index is 9.12. The molecule has 0 saturated heterocycles. The van der Waals surface area contributed by atoms with E-state index < -0.39 is 6.10 Å². The van der Waals surface area contributed by atoms with Crippen molar-refractivity contribution in [1.29, 1.82) is 0 Å². The Hall–Kier alpha value is -0.490. The molecular weight excluding hydrogens is 250 g/mol. The first-order valence-corrected chi connectivity index (χ1v) is 4.97. The average molecular weight is 264 g/mol. The highest BCUT2D eigenvalue weighted by Crippen LogP contribution is 2.12. The number of aromatic nitrogens is 1. The van der Waals surface area contributed by atoms with Crippen molar-refractivity contribution in [3.63, 3.8) is 0 Å². The summed E-state index contributed by atoms with van der Waals surface area (Å²) in [5.74, 6) is 0. The van der Waals surface area contributed by atoms with Crippen molar-refractivity contribution in [3.8, 4) is 0 Å². The number of hydrogen-bond acceptors (Lipinski definition) is 4. The zero-order valence-electron chi connectivity index (χ0n) is 7.89. The molecule has 1 aromatic rings. The van der Waals surface area contributed by atoms with Crippen molar-refractivity contribution in [3.05, 3.63) is 28.5 Å². The van der Waals surface area contributed by atoms with E-state index in [-0.39, 0.29) is 13.2 Å². The van der Waals surface area contributed by atoms with Gasteiger partial charge in [0.05, 0.1) is 12.3 Å². The maximum absolute atomic E-state index is 9.12. The van der Waals surface area contributed by atoms with Crippen LogP contribution in [0.1, 0.15) is 18.7 Å². The van der Waals surface area contributed by atoms with Crippen molar-refractivity contribution in [2.45, 2.75) is 13.0 Å². The quantitative estimate of drug-likeness (QED) is 0.693. The van der Waals surface area contributed by atoms with E-state index in [1.807, 2.05) is 0 Å². The Bertz CT molecular complexity index is 258. The van der Waals surface area contributed by atoms with E-state index >= 15 is 0 Å². The summed E-state index contributed by atoms with van der Waals surface area (Å²) in [5, 5.41) is 25.3. The largest absolute Gasteiger partial charge is 0.397 e. The number of hydrogen-bond donors (Lipinski definition) is 3. The van der Waals surface area contributed by atoms with Crippen LogP contribution in [0.4, 0.5) is 0 Å². The van der Waals surface area contributed by atoms with Gasteiger partial charge in [0.25, 0.3) is 0 Å². The van der Waals surface area contributed by atoms with Crippen LogP contribution in [0.25, 0.3) is 0 Å². The maximum Gasteiger partial charge on any atom is 0.119 e. The van der Waals surface area contributed by atoms with Crippen molar-refractivity contribution < 1.29 is 15.3 Å². The first-order valence-electron chi connectivity index (χ1n) is 4.17. The van der Waals surface area contributed by atoms with Gasteiger partial charge in [0.1, 0.15) is 10.7 Å². The monoisotopic (exact) mass is 263 g/mol. The van der Waals surface area contributed by atoms with E-state index in [0.717, 1.165) is 0 Å². The van der Waals surface area contributed by atoms with Crippen molar-refractivity contribution in [2.24, 2.45) is 0 Å².